The number of nitrogens with one attached hydrogen (secondary N) is 1. The zero-order valence-corrected chi connectivity index (χ0v) is 11.0. The molecule has 18 heavy (non-hydrogen) atoms. The van der Waals surface area contributed by atoms with E-state index in [1.54, 1.807) is 0 Å². The van der Waals surface area contributed by atoms with Gasteiger partial charge in [0.15, 0.2) is 0 Å². The van der Waals surface area contributed by atoms with Crippen molar-refractivity contribution in [3.8, 4) is 18.1 Å². The second kappa shape index (κ2) is 7.75. The molecule has 0 aliphatic rings. The van der Waals surface area contributed by atoms with Gasteiger partial charge in [-0.2, -0.15) is 0 Å². The number of hydrogen-bond donors (Lipinski definition) is 2. The molecule has 0 aromatic heterocycles. The molecular formula is C15H21NO2. The van der Waals surface area contributed by atoms with Crippen molar-refractivity contribution in [1.82, 2.24) is 5.32 Å². The van der Waals surface area contributed by atoms with Gasteiger partial charge >= 0.3 is 0 Å². The maximum atomic E-state index is 9.64. The number of aliphatic hydroxyl groups excluding tert-OH is 1. The normalized spacial score (nSPS) is 12.2. The van der Waals surface area contributed by atoms with E-state index in [0.29, 0.717) is 6.54 Å². The van der Waals surface area contributed by atoms with Gasteiger partial charge in [-0.1, -0.05) is 31.9 Å². The van der Waals surface area contributed by atoms with Crippen molar-refractivity contribution in [3.63, 3.8) is 0 Å². The Morgan fingerprint density at radius 3 is 2.56 bits per heavy atom. The second-order valence-electron chi connectivity index (χ2n) is 4.58. The summed E-state index contributed by atoms with van der Waals surface area (Å²) in [6.45, 7) is 5.64. The van der Waals surface area contributed by atoms with Crippen LogP contribution >= 0.6 is 0 Å². The molecule has 0 radical (unpaired) electrons. The number of terminal acetylenes is 1. The number of hydrogen-bond acceptors (Lipinski definition) is 3. The van der Waals surface area contributed by atoms with Gasteiger partial charge in [-0.05, 0) is 23.6 Å². The lowest BCUT2D eigenvalue weighted by Crippen LogP contribution is -2.30. The summed E-state index contributed by atoms with van der Waals surface area (Å²) in [6, 6.07) is 7.77. The molecule has 0 saturated carbocycles. The van der Waals surface area contributed by atoms with E-state index in [9.17, 15) is 5.11 Å². The molecule has 0 saturated heterocycles. The Labute approximate surface area is 109 Å². The maximum absolute atomic E-state index is 9.64. The van der Waals surface area contributed by atoms with E-state index in [4.69, 9.17) is 11.2 Å². The Bertz CT molecular complexity index is 378. The van der Waals surface area contributed by atoms with Crippen molar-refractivity contribution in [2.45, 2.75) is 26.5 Å². The van der Waals surface area contributed by atoms with Gasteiger partial charge in [-0.3, -0.25) is 0 Å². The van der Waals surface area contributed by atoms with Crippen LogP contribution in [0.2, 0.25) is 0 Å². The first kappa shape index (κ1) is 14.6. The molecule has 1 aromatic carbocycles. The van der Waals surface area contributed by atoms with Crippen LogP contribution in [0.4, 0.5) is 0 Å². The van der Waals surface area contributed by atoms with Gasteiger partial charge < -0.3 is 15.2 Å². The summed E-state index contributed by atoms with van der Waals surface area (Å²) in [5, 5.41) is 12.9. The highest BCUT2D eigenvalue weighted by Gasteiger charge is 2.07. The third-order valence-electron chi connectivity index (χ3n) is 2.70. The third kappa shape index (κ3) is 5.22. The molecule has 3 nitrogen and oxygen atoms in total. The average Bonchev–Trinajstić information content (AvgIpc) is 2.37. The van der Waals surface area contributed by atoms with Crippen LogP contribution in [-0.2, 0) is 6.54 Å². The third-order valence-corrected chi connectivity index (χ3v) is 2.70. The van der Waals surface area contributed by atoms with E-state index in [2.05, 4.69) is 11.2 Å². The molecule has 2 N–H and O–H groups in total. The van der Waals surface area contributed by atoms with Crippen LogP contribution in [0.3, 0.4) is 0 Å². The lowest BCUT2D eigenvalue weighted by Gasteiger charge is -2.15. The molecule has 0 fully saturated rings. The standard InChI is InChI=1S/C15H21NO2/c1-4-9-18-14-7-5-13(6-8-14)10-16-11-15(17)12(2)3/h1,5-8,12,15-17H,9-11H2,2-3H3. The fraction of sp³-hybridized carbons (Fsp3) is 0.467. The van der Waals surface area contributed by atoms with Crippen LogP contribution < -0.4 is 10.1 Å². The smallest absolute Gasteiger partial charge is 0.148 e. The van der Waals surface area contributed by atoms with Crippen LogP contribution in [0.5, 0.6) is 5.75 Å². The molecule has 98 valence electrons. The van der Waals surface area contributed by atoms with Crippen molar-refractivity contribution in [1.29, 1.82) is 0 Å². The van der Waals surface area contributed by atoms with E-state index in [1.165, 1.54) is 0 Å². The van der Waals surface area contributed by atoms with Crippen molar-refractivity contribution < 1.29 is 9.84 Å². The van der Waals surface area contributed by atoms with Crippen LogP contribution in [0.1, 0.15) is 19.4 Å². The zero-order valence-electron chi connectivity index (χ0n) is 11.0. The van der Waals surface area contributed by atoms with Gasteiger partial charge in [0.1, 0.15) is 12.4 Å². The fourth-order valence-electron chi connectivity index (χ4n) is 1.43. The summed E-state index contributed by atoms with van der Waals surface area (Å²) < 4.78 is 5.29. The predicted molar refractivity (Wildman–Crippen MR) is 73.3 cm³/mol. The number of benzene rings is 1. The number of ether oxygens (including phenoxy) is 1. The molecule has 0 aliphatic carbocycles. The molecule has 0 aliphatic heterocycles. The minimum absolute atomic E-state index is 0.275. The molecule has 0 amide bonds. The van der Waals surface area contributed by atoms with Gasteiger partial charge in [0.2, 0.25) is 0 Å². The van der Waals surface area contributed by atoms with Crippen molar-refractivity contribution in [2.24, 2.45) is 5.92 Å². The summed E-state index contributed by atoms with van der Waals surface area (Å²) in [6.07, 6.45) is 4.81. The molecular weight excluding hydrogens is 226 g/mol. The zero-order chi connectivity index (χ0) is 13.4. The summed E-state index contributed by atoms with van der Waals surface area (Å²) in [4.78, 5) is 0. The Kier molecular flexibility index (Phi) is 6.27. The topological polar surface area (TPSA) is 41.5 Å². The Morgan fingerprint density at radius 1 is 1.33 bits per heavy atom. The summed E-state index contributed by atoms with van der Waals surface area (Å²) >= 11 is 0. The number of aliphatic hydroxyl groups is 1. The van der Waals surface area contributed by atoms with Crippen molar-refractivity contribution >= 4 is 0 Å². The Balaban J connectivity index is 2.33. The Morgan fingerprint density at radius 2 is 2.00 bits per heavy atom. The summed E-state index contributed by atoms with van der Waals surface area (Å²) in [7, 11) is 0. The van der Waals surface area contributed by atoms with E-state index in [0.717, 1.165) is 17.9 Å². The predicted octanol–water partition coefficient (Wildman–Crippen LogP) is 1.81. The minimum Gasteiger partial charge on any atom is -0.481 e. The molecule has 1 rings (SSSR count). The first-order chi connectivity index (χ1) is 8.63. The fourth-order valence-corrected chi connectivity index (χ4v) is 1.43. The highest BCUT2D eigenvalue weighted by atomic mass is 16.5. The first-order valence-corrected chi connectivity index (χ1v) is 6.17. The molecule has 0 heterocycles. The lowest BCUT2D eigenvalue weighted by atomic mass is 10.1. The van der Waals surface area contributed by atoms with Crippen molar-refractivity contribution in [3.05, 3.63) is 29.8 Å². The van der Waals surface area contributed by atoms with Gasteiger partial charge in [0.05, 0.1) is 6.10 Å². The van der Waals surface area contributed by atoms with Crippen LogP contribution in [0.15, 0.2) is 24.3 Å². The van der Waals surface area contributed by atoms with Gasteiger partial charge in [-0.15, -0.1) is 6.42 Å². The minimum atomic E-state index is -0.303. The highest BCUT2D eigenvalue weighted by Crippen LogP contribution is 2.11. The van der Waals surface area contributed by atoms with Crippen LogP contribution in [0.25, 0.3) is 0 Å². The molecule has 0 spiro atoms. The quantitative estimate of drug-likeness (QED) is 0.722. The van der Waals surface area contributed by atoms with E-state index in [-0.39, 0.29) is 18.6 Å². The van der Waals surface area contributed by atoms with E-state index in [1.807, 2.05) is 38.1 Å². The second-order valence-corrected chi connectivity index (χ2v) is 4.58. The summed E-state index contributed by atoms with van der Waals surface area (Å²) in [5.41, 5.74) is 1.15. The molecule has 3 heteroatoms. The van der Waals surface area contributed by atoms with Gasteiger partial charge in [0, 0.05) is 13.1 Å². The molecule has 1 aromatic rings. The SMILES string of the molecule is C#CCOc1ccc(CNCC(O)C(C)C)cc1. The van der Waals surface area contributed by atoms with Gasteiger partial charge in [0.25, 0.3) is 0 Å². The molecule has 1 unspecified atom stereocenters. The highest BCUT2D eigenvalue weighted by molar-refractivity contribution is 5.27. The van der Waals surface area contributed by atoms with Crippen molar-refractivity contribution in [2.75, 3.05) is 13.2 Å². The molecule has 0 bridgehead atoms. The van der Waals surface area contributed by atoms with E-state index >= 15 is 0 Å². The molecule has 1 atom stereocenters. The Hall–Kier alpha value is -1.50. The first-order valence-electron chi connectivity index (χ1n) is 6.17. The lowest BCUT2D eigenvalue weighted by molar-refractivity contribution is 0.123. The largest absolute Gasteiger partial charge is 0.481 e. The van der Waals surface area contributed by atoms with Crippen LogP contribution in [-0.4, -0.2) is 24.4 Å². The van der Waals surface area contributed by atoms with E-state index < -0.39 is 0 Å². The summed E-state index contributed by atoms with van der Waals surface area (Å²) in [5.74, 6) is 3.48. The number of rotatable bonds is 7. The average molecular weight is 247 g/mol. The van der Waals surface area contributed by atoms with Crippen LogP contribution in [0, 0.1) is 18.3 Å². The maximum Gasteiger partial charge on any atom is 0.148 e. The monoisotopic (exact) mass is 247 g/mol. The van der Waals surface area contributed by atoms with Gasteiger partial charge in [-0.25, -0.2) is 0 Å².